The van der Waals surface area contributed by atoms with Crippen molar-refractivity contribution in [1.29, 1.82) is 0 Å². The zero-order chi connectivity index (χ0) is 24.0. The van der Waals surface area contributed by atoms with E-state index in [0.29, 0.717) is 31.9 Å². The Hall–Kier alpha value is -4.38. The molecule has 0 fully saturated rings. The predicted octanol–water partition coefficient (Wildman–Crippen LogP) is 2.86. The Bertz CT molecular complexity index is 1650. The van der Waals surface area contributed by atoms with E-state index >= 15 is 0 Å². The van der Waals surface area contributed by atoms with E-state index in [-0.39, 0.29) is 17.1 Å². The van der Waals surface area contributed by atoms with Crippen molar-refractivity contribution in [3.05, 3.63) is 87.0 Å². The monoisotopic (exact) mass is 476 g/mol. The molecule has 9 nitrogen and oxygen atoms in total. The minimum absolute atomic E-state index is 0.0112. The van der Waals surface area contributed by atoms with E-state index in [2.05, 4.69) is 21.0 Å². The molecule has 2 aromatic carbocycles. The summed E-state index contributed by atoms with van der Waals surface area (Å²) in [4.78, 5) is 38.9. The quantitative estimate of drug-likeness (QED) is 0.389. The highest BCUT2D eigenvalue weighted by molar-refractivity contribution is 7.20. The molecule has 0 saturated heterocycles. The third-order valence-electron chi connectivity index (χ3n) is 5.30. The fourth-order valence-electron chi connectivity index (χ4n) is 3.62. The first-order chi connectivity index (χ1) is 16.3. The van der Waals surface area contributed by atoms with Crippen molar-refractivity contribution in [1.82, 2.24) is 30.4 Å². The maximum Gasteiger partial charge on any atom is 0.290 e. The number of nitrogens with zero attached hydrogens (tertiary/aromatic N) is 4. The first-order valence-corrected chi connectivity index (χ1v) is 11.0. The van der Waals surface area contributed by atoms with Crippen LogP contribution in [0.2, 0.25) is 0 Å². The second kappa shape index (κ2) is 8.19. The molecule has 2 N–H and O–H groups in total. The van der Waals surface area contributed by atoms with Gasteiger partial charge >= 0.3 is 0 Å². The zero-order valence-electron chi connectivity index (χ0n) is 18.0. The van der Waals surface area contributed by atoms with Crippen LogP contribution in [0.4, 0.5) is 4.39 Å². The van der Waals surface area contributed by atoms with Gasteiger partial charge in [-0.1, -0.05) is 18.2 Å². The molecule has 0 spiro atoms. The minimum Gasteiger partial charge on any atom is -0.267 e. The van der Waals surface area contributed by atoms with Gasteiger partial charge in [-0.05, 0) is 43.3 Å². The van der Waals surface area contributed by atoms with Crippen LogP contribution in [0.1, 0.15) is 25.9 Å². The van der Waals surface area contributed by atoms with E-state index in [1.165, 1.54) is 30.5 Å². The summed E-state index contributed by atoms with van der Waals surface area (Å²) in [7, 11) is 1.45. The summed E-state index contributed by atoms with van der Waals surface area (Å²) in [5, 5.41) is 10.0. The Labute approximate surface area is 195 Å². The summed E-state index contributed by atoms with van der Waals surface area (Å²) >= 11 is 1.19. The maximum atomic E-state index is 13.3. The van der Waals surface area contributed by atoms with Crippen LogP contribution in [0, 0.1) is 12.7 Å². The molecule has 0 aliphatic carbocycles. The number of carbonyl (C=O) groups excluding carboxylic acids is 2. The summed E-state index contributed by atoms with van der Waals surface area (Å²) in [6.07, 6.45) is 0. The van der Waals surface area contributed by atoms with E-state index in [0.717, 1.165) is 10.1 Å². The van der Waals surface area contributed by atoms with Crippen molar-refractivity contribution in [3.63, 3.8) is 0 Å². The minimum atomic E-state index is -0.657. The number of amides is 2. The number of nitrogens with one attached hydrogen (secondary N) is 2. The van der Waals surface area contributed by atoms with Crippen molar-refractivity contribution >= 4 is 44.1 Å². The number of aryl methyl sites for hydroxylation is 2. The Morgan fingerprint density at radius 3 is 2.35 bits per heavy atom. The number of hydrogen-bond acceptors (Lipinski definition) is 6. The molecular formula is C23H17FN6O3S. The number of carbonyl (C=O) groups is 2. The second-order valence-corrected chi connectivity index (χ2v) is 8.56. The van der Waals surface area contributed by atoms with Crippen LogP contribution in [-0.4, -0.2) is 31.4 Å². The maximum absolute atomic E-state index is 13.3. The highest BCUT2D eigenvalue weighted by atomic mass is 32.1. The van der Waals surface area contributed by atoms with Gasteiger partial charge in [0, 0.05) is 17.8 Å². The van der Waals surface area contributed by atoms with Crippen LogP contribution in [0.15, 0.2) is 59.4 Å². The predicted molar refractivity (Wildman–Crippen MR) is 126 cm³/mol. The Morgan fingerprint density at radius 1 is 0.941 bits per heavy atom. The number of benzene rings is 2. The van der Waals surface area contributed by atoms with Gasteiger partial charge in [-0.3, -0.25) is 25.2 Å². The van der Waals surface area contributed by atoms with Gasteiger partial charge in [-0.2, -0.15) is 10.2 Å². The molecule has 3 aromatic heterocycles. The SMILES string of the molecule is Cc1nn(-c2ccc(F)cc2)c2sc(C(=O)NNC(=O)c3nn(C)c(=O)c4ccccc34)cc12. The first-order valence-electron chi connectivity index (χ1n) is 10.2. The van der Waals surface area contributed by atoms with E-state index in [9.17, 15) is 18.8 Å². The van der Waals surface area contributed by atoms with Gasteiger partial charge in [0.05, 0.1) is 21.6 Å². The normalized spacial score (nSPS) is 11.1. The van der Waals surface area contributed by atoms with Crippen LogP contribution in [0.5, 0.6) is 0 Å². The van der Waals surface area contributed by atoms with Crippen LogP contribution in [-0.2, 0) is 7.05 Å². The molecule has 0 atom stereocenters. The summed E-state index contributed by atoms with van der Waals surface area (Å²) < 4.78 is 16.0. The van der Waals surface area contributed by atoms with Gasteiger partial charge in [0.25, 0.3) is 17.4 Å². The molecule has 5 aromatic rings. The van der Waals surface area contributed by atoms with Crippen molar-refractivity contribution < 1.29 is 14.0 Å². The topological polar surface area (TPSA) is 111 Å². The second-order valence-electron chi connectivity index (χ2n) is 7.53. The lowest BCUT2D eigenvalue weighted by molar-refractivity contribution is 0.0846. The van der Waals surface area contributed by atoms with E-state index in [1.54, 1.807) is 47.1 Å². The molecule has 170 valence electrons. The number of halogens is 1. The van der Waals surface area contributed by atoms with Crippen LogP contribution in [0.25, 0.3) is 26.7 Å². The van der Waals surface area contributed by atoms with Crippen LogP contribution in [0.3, 0.4) is 0 Å². The van der Waals surface area contributed by atoms with E-state index < -0.39 is 11.8 Å². The van der Waals surface area contributed by atoms with E-state index in [1.807, 2.05) is 6.92 Å². The number of rotatable bonds is 3. The zero-order valence-corrected chi connectivity index (χ0v) is 18.8. The van der Waals surface area contributed by atoms with Gasteiger partial charge in [0.15, 0.2) is 5.69 Å². The summed E-state index contributed by atoms with van der Waals surface area (Å²) in [5.74, 6) is -1.53. The number of hydrogen-bond donors (Lipinski definition) is 2. The highest BCUT2D eigenvalue weighted by Gasteiger charge is 2.20. The number of aromatic nitrogens is 4. The van der Waals surface area contributed by atoms with Crippen LogP contribution >= 0.6 is 11.3 Å². The Kier molecular flexibility index (Phi) is 5.17. The molecule has 34 heavy (non-hydrogen) atoms. The van der Waals surface area contributed by atoms with Gasteiger partial charge < -0.3 is 0 Å². The fraction of sp³-hybridized carbons (Fsp3) is 0.0870. The molecule has 0 unspecified atom stereocenters. The fourth-order valence-corrected chi connectivity index (χ4v) is 4.70. The Morgan fingerprint density at radius 2 is 1.62 bits per heavy atom. The molecule has 11 heteroatoms. The lowest BCUT2D eigenvalue weighted by Crippen LogP contribution is -2.42. The highest BCUT2D eigenvalue weighted by Crippen LogP contribution is 2.30. The largest absolute Gasteiger partial charge is 0.290 e. The lowest BCUT2D eigenvalue weighted by atomic mass is 10.1. The van der Waals surface area contributed by atoms with Gasteiger partial charge in [-0.25, -0.2) is 13.8 Å². The number of hydrazine groups is 1. The molecule has 0 aliphatic heterocycles. The standard InChI is InChI=1S/C23H17FN6O3S/c1-12-17-11-18(34-23(17)30(27-12)14-9-7-13(24)8-10-14)20(31)25-26-21(32)19-15-5-3-4-6-16(15)22(33)29(2)28-19/h3-11H,1-2H3,(H,25,31)(H,26,32). The molecule has 2 amide bonds. The molecule has 5 rings (SSSR count). The molecule has 0 saturated carbocycles. The summed E-state index contributed by atoms with van der Waals surface area (Å²) in [6, 6.07) is 14.2. The Balaban J connectivity index is 1.40. The number of thiophene rings is 1. The van der Waals surface area contributed by atoms with Crippen molar-refractivity contribution in [3.8, 4) is 5.69 Å². The smallest absolute Gasteiger partial charge is 0.267 e. The van der Waals surface area contributed by atoms with Gasteiger partial charge in [-0.15, -0.1) is 11.3 Å². The van der Waals surface area contributed by atoms with Crippen molar-refractivity contribution in [2.75, 3.05) is 0 Å². The molecular weight excluding hydrogens is 459 g/mol. The molecule has 3 heterocycles. The van der Waals surface area contributed by atoms with Gasteiger partial charge in [0.2, 0.25) is 0 Å². The van der Waals surface area contributed by atoms with Crippen molar-refractivity contribution in [2.24, 2.45) is 7.05 Å². The first kappa shape index (κ1) is 21.5. The average molecular weight is 476 g/mol. The molecule has 0 bridgehead atoms. The molecule has 0 aliphatic rings. The lowest BCUT2D eigenvalue weighted by Gasteiger charge is -2.09. The summed E-state index contributed by atoms with van der Waals surface area (Å²) in [5.41, 5.74) is 5.82. The third-order valence-corrected chi connectivity index (χ3v) is 6.41. The third kappa shape index (κ3) is 3.61. The van der Waals surface area contributed by atoms with Gasteiger partial charge in [0.1, 0.15) is 10.6 Å². The molecule has 0 radical (unpaired) electrons. The van der Waals surface area contributed by atoms with Crippen LogP contribution < -0.4 is 16.4 Å². The van der Waals surface area contributed by atoms with Crippen molar-refractivity contribution in [2.45, 2.75) is 6.92 Å². The number of fused-ring (bicyclic) bond motifs is 2. The van der Waals surface area contributed by atoms with E-state index in [4.69, 9.17) is 0 Å². The average Bonchev–Trinajstić information content (AvgIpc) is 3.41. The summed E-state index contributed by atoms with van der Waals surface area (Å²) in [6.45, 7) is 1.81.